The van der Waals surface area contributed by atoms with Gasteiger partial charge in [-0.05, 0) is 13.0 Å². The molecule has 2 heterocycles. The second-order valence-corrected chi connectivity index (χ2v) is 4.03. The van der Waals surface area contributed by atoms with E-state index in [0.29, 0.717) is 33.6 Å². The van der Waals surface area contributed by atoms with E-state index in [1.807, 2.05) is 0 Å². The minimum absolute atomic E-state index is 0.294. The standard InChI is InChI=1S/C12H10N2O3/c1-5-11(12(15)16)7-3-9-10(4-8(7)13-5)17-6(2)14-9/h3-4,13H,1-2H3,(H,15,16). The molecule has 86 valence electrons. The molecule has 17 heavy (non-hydrogen) atoms. The number of nitrogens with one attached hydrogen (secondary N) is 1. The summed E-state index contributed by atoms with van der Waals surface area (Å²) >= 11 is 0. The van der Waals surface area contributed by atoms with Crippen LogP contribution in [0.25, 0.3) is 22.0 Å². The number of nitrogens with zero attached hydrogens (tertiary/aromatic N) is 1. The summed E-state index contributed by atoms with van der Waals surface area (Å²) in [7, 11) is 0. The molecule has 0 fully saturated rings. The number of oxazole rings is 1. The largest absolute Gasteiger partial charge is 0.478 e. The molecule has 1 aromatic carbocycles. The lowest BCUT2D eigenvalue weighted by Gasteiger charge is -1.93. The number of carbonyl (C=O) groups is 1. The first-order valence-electron chi connectivity index (χ1n) is 5.19. The van der Waals surface area contributed by atoms with Gasteiger partial charge in [0.05, 0.1) is 11.1 Å². The molecule has 2 N–H and O–H groups in total. The average molecular weight is 230 g/mol. The molecule has 0 aliphatic heterocycles. The highest BCUT2D eigenvalue weighted by Crippen LogP contribution is 2.27. The summed E-state index contributed by atoms with van der Waals surface area (Å²) in [6.45, 7) is 3.50. The van der Waals surface area contributed by atoms with Gasteiger partial charge in [0.25, 0.3) is 0 Å². The average Bonchev–Trinajstić information content (AvgIpc) is 2.70. The van der Waals surface area contributed by atoms with Crippen molar-refractivity contribution in [2.24, 2.45) is 0 Å². The van der Waals surface area contributed by atoms with Crippen LogP contribution in [0.2, 0.25) is 0 Å². The van der Waals surface area contributed by atoms with E-state index in [-0.39, 0.29) is 0 Å². The summed E-state index contributed by atoms with van der Waals surface area (Å²) in [5.74, 6) is -0.366. The molecule has 3 rings (SSSR count). The van der Waals surface area contributed by atoms with Gasteiger partial charge in [-0.3, -0.25) is 0 Å². The maximum atomic E-state index is 11.2. The highest BCUT2D eigenvalue weighted by Gasteiger charge is 2.16. The van der Waals surface area contributed by atoms with E-state index in [4.69, 9.17) is 9.52 Å². The lowest BCUT2D eigenvalue weighted by Crippen LogP contribution is -1.96. The Morgan fingerprint density at radius 2 is 2.18 bits per heavy atom. The molecule has 0 bridgehead atoms. The number of rotatable bonds is 1. The van der Waals surface area contributed by atoms with Crippen molar-refractivity contribution in [2.75, 3.05) is 0 Å². The van der Waals surface area contributed by atoms with E-state index in [9.17, 15) is 4.79 Å². The SMILES string of the molecule is Cc1nc2cc3c(C(=O)O)c(C)[nH]c3cc2o1. The number of aromatic amines is 1. The third-order valence-corrected chi connectivity index (χ3v) is 2.82. The van der Waals surface area contributed by atoms with E-state index in [1.54, 1.807) is 26.0 Å². The molecule has 2 aromatic heterocycles. The van der Waals surface area contributed by atoms with Gasteiger partial charge in [0, 0.05) is 24.1 Å². The van der Waals surface area contributed by atoms with E-state index < -0.39 is 5.97 Å². The van der Waals surface area contributed by atoms with Crippen molar-refractivity contribution in [3.63, 3.8) is 0 Å². The highest BCUT2D eigenvalue weighted by molar-refractivity contribution is 6.07. The Morgan fingerprint density at radius 3 is 2.88 bits per heavy atom. The van der Waals surface area contributed by atoms with Gasteiger partial charge in [0.2, 0.25) is 0 Å². The van der Waals surface area contributed by atoms with Crippen LogP contribution in [0.3, 0.4) is 0 Å². The number of fused-ring (bicyclic) bond motifs is 2. The number of hydrogen-bond acceptors (Lipinski definition) is 3. The van der Waals surface area contributed by atoms with Crippen LogP contribution in [0, 0.1) is 13.8 Å². The molecule has 5 heteroatoms. The van der Waals surface area contributed by atoms with Crippen molar-refractivity contribution in [3.8, 4) is 0 Å². The van der Waals surface area contributed by atoms with Gasteiger partial charge in [-0.15, -0.1) is 0 Å². The Bertz CT molecular complexity index is 752. The minimum Gasteiger partial charge on any atom is -0.478 e. The lowest BCUT2D eigenvalue weighted by atomic mass is 10.1. The predicted molar refractivity (Wildman–Crippen MR) is 62.3 cm³/mol. The molecule has 0 amide bonds. The molecule has 0 saturated carbocycles. The molecule has 0 radical (unpaired) electrons. The Hall–Kier alpha value is -2.30. The molecule has 5 nitrogen and oxygen atoms in total. The molecular formula is C12H10N2O3. The summed E-state index contributed by atoms with van der Waals surface area (Å²) in [4.78, 5) is 18.4. The van der Waals surface area contributed by atoms with E-state index >= 15 is 0 Å². The molecular weight excluding hydrogens is 220 g/mol. The summed E-state index contributed by atoms with van der Waals surface area (Å²) in [5, 5.41) is 9.83. The number of aryl methyl sites for hydroxylation is 2. The Labute approximate surface area is 96.1 Å². The zero-order valence-corrected chi connectivity index (χ0v) is 9.37. The zero-order valence-electron chi connectivity index (χ0n) is 9.37. The van der Waals surface area contributed by atoms with Crippen LogP contribution in [0.4, 0.5) is 0 Å². The van der Waals surface area contributed by atoms with Crippen molar-refractivity contribution in [1.29, 1.82) is 0 Å². The number of hydrogen-bond donors (Lipinski definition) is 2. The van der Waals surface area contributed by atoms with Gasteiger partial charge in [-0.2, -0.15) is 0 Å². The van der Waals surface area contributed by atoms with Crippen LogP contribution >= 0.6 is 0 Å². The highest BCUT2D eigenvalue weighted by atomic mass is 16.4. The smallest absolute Gasteiger partial charge is 0.338 e. The van der Waals surface area contributed by atoms with Crippen LogP contribution in [-0.4, -0.2) is 21.0 Å². The van der Waals surface area contributed by atoms with Crippen LogP contribution in [-0.2, 0) is 0 Å². The van der Waals surface area contributed by atoms with Crippen LogP contribution in [0.1, 0.15) is 21.9 Å². The summed E-state index contributed by atoms with van der Waals surface area (Å²) in [6, 6.07) is 3.53. The fraction of sp³-hybridized carbons (Fsp3) is 0.167. The molecule has 0 aliphatic rings. The first-order chi connectivity index (χ1) is 8.06. The van der Waals surface area contributed by atoms with Crippen LogP contribution in [0.15, 0.2) is 16.5 Å². The fourth-order valence-corrected chi connectivity index (χ4v) is 2.14. The maximum absolute atomic E-state index is 11.2. The van der Waals surface area contributed by atoms with Crippen molar-refractivity contribution in [2.45, 2.75) is 13.8 Å². The molecule has 3 aromatic rings. The zero-order chi connectivity index (χ0) is 12.2. The van der Waals surface area contributed by atoms with Gasteiger partial charge >= 0.3 is 5.97 Å². The number of carboxylic acids is 1. The molecule has 0 saturated heterocycles. The van der Waals surface area contributed by atoms with Gasteiger partial charge < -0.3 is 14.5 Å². The van der Waals surface area contributed by atoms with Gasteiger partial charge in [-0.25, -0.2) is 9.78 Å². The first kappa shape index (κ1) is 9.89. The number of H-pyrrole nitrogens is 1. The minimum atomic E-state index is -0.937. The third-order valence-electron chi connectivity index (χ3n) is 2.82. The van der Waals surface area contributed by atoms with Crippen molar-refractivity contribution in [1.82, 2.24) is 9.97 Å². The Kier molecular flexibility index (Phi) is 1.80. The number of aromatic carboxylic acids is 1. The second kappa shape index (κ2) is 3.10. The first-order valence-corrected chi connectivity index (χ1v) is 5.19. The van der Waals surface area contributed by atoms with E-state index in [2.05, 4.69) is 9.97 Å². The van der Waals surface area contributed by atoms with E-state index in [0.717, 1.165) is 5.52 Å². The second-order valence-electron chi connectivity index (χ2n) is 4.03. The number of aromatic nitrogens is 2. The third kappa shape index (κ3) is 1.32. The van der Waals surface area contributed by atoms with Crippen LogP contribution in [0.5, 0.6) is 0 Å². The van der Waals surface area contributed by atoms with Gasteiger partial charge in [0.1, 0.15) is 5.52 Å². The normalized spacial score (nSPS) is 11.4. The summed E-state index contributed by atoms with van der Waals surface area (Å²) in [5.41, 5.74) is 3.02. The molecule has 0 atom stereocenters. The number of benzene rings is 1. The fourth-order valence-electron chi connectivity index (χ4n) is 2.14. The van der Waals surface area contributed by atoms with Crippen molar-refractivity contribution >= 4 is 28.0 Å². The van der Waals surface area contributed by atoms with Crippen molar-refractivity contribution < 1.29 is 14.3 Å². The molecule has 0 unspecified atom stereocenters. The topological polar surface area (TPSA) is 79.1 Å². The summed E-state index contributed by atoms with van der Waals surface area (Å²) < 4.78 is 5.41. The Balaban J connectivity index is 2.46. The lowest BCUT2D eigenvalue weighted by molar-refractivity contribution is 0.0698. The quantitative estimate of drug-likeness (QED) is 0.673. The molecule has 0 aliphatic carbocycles. The number of carboxylic acid groups (broad SMARTS) is 1. The van der Waals surface area contributed by atoms with Gasteiger partial charge in [-0.1, -0.05) is 0 Å². The monoisotopic (exact) mass is 230 g/mol. The predicted octanol–water partition coefficient (Wildman–Crippen LogP) is 2.62. The van der Waals surface area contributed by atoms with Crippen molar-refractivity contribution in [3.05, 3.63) is 29.3 Å². The molecule has 0 spiro atoms. The summed E-state index contributed by atoms with van der Waals surface area (Å²) in [6.07, 6.45) is 0. The van der Waals surface area contributed by atoms with Gasteiger partial charge in [0.15, 0.2) is 11.5 Å². The van der Waals surface area contributed by atoms with Crippen LogP contribution < -0.4 is 0 Å². The maximum Gasteiger partial charge on any atom is 0.338 e. The van der Waals surface area contributed by atoms with E-state index in [1.165, 1.54) is 0 Å². The Morgan fingerprint density at radius 1 is 1.41 bits per heavy atom.